The Morgan fingerprint density at radius 3 is 3.08 bits per heavy atom. The van der Waals surface area contributed by atoms with E-state index < -0.39 is 0 Å². The lowest BCUT2D eigenvalue weighted by molar-refractivity contribution is 0.713. The summed E-state index contributed by atoms with van der Waals surface area (Å²) in [5.74, 6) is 1.31. The number of imidazole rings is 1. The predicted octanol–water partition coefficient (Wildman–Crippen LogP) is 2.24. The first-order valence-corrected chi connectivity index (χ1v) is 4.61. The van der Waals surface area contributed by atoms with E-state index >= 15 is 0 Å². The molecule has 1 atom stereocenters. The van der Waals surface area contributed by atoms with Crippen molar-refractivity contribution in [3.63, 3.8) is 0 Å². The quantitative estimate of drug-likeness (QED) is 0.700. The maximum atomic E-state index is 4.44. The van der Waals surface area contributed by atoms with Crippen LogP contribution in [0.1, 0.15) is 31.9 Å². The molecule has 3 heteroatoms. The van der Waals surface area contributed by atoms with Gasteiger partial charge in [-0.15, -0.1) is 0 Å². The first kappa shape index (κ1) is 8.23. The molecule has 2 heterocycles. The number of nitrogens with zero attached hydrogens (tertiary/aromatic N) is 3. The summed E-state index contributed by atoms with van der Waals surface area (Å²) in [5, 5.41) is 0. The van der Waals surface area contributed by atoms with Crippen molar-refractivity contribution in [3.8, 4) is 0 Å². The largest absolute Gasteiger partial charge is 0.291 e. The van der Waals surface area contributed by atoms with Crippen molar-refractivity contribution in [1.29, 1.82) is 0 Å². The molecule has 1 unspecified atom stereocenters. The number of rotatable bonds is 2. The van der Waals surface area contributed by atoms with Crippen LogP contribution >= 0.6 is 0 Å². The summed E-state index contributed by atoms with van der Waals surface area (Å²) < 4.78 is 1.96. The third-order valence-corrected chi connectivity index (χ3v) is 2.37. The second kappa shape index (κ2) is 3.17. The Morgan fingerprint density at radius 2 is 2.38 bits per heavy atom. The van der Waals surface area contributed by atoms with Gasteiger partial charge in [0.15, 0.2) is 0 Å². The summed E-state index contributed by atoms with van der Waals surface area (Å²) in [6, 6.07) is 1.91. The molecular formula is C10H13N3. The normalized spacial score (nSPS) is 13.4. The smallest absolute Gasteiger partial charge is 0.233 e. The third-order valence-electron chi connectivity index (χ3n) is 2.37. The van der Waals surface area contributed by atoms with Crippen LogP contribution in [0.5, 0.6) is 0 Å². The number of fused-ring (bicyclic) bond motifs is 1. The van der Waals surface area contributed by atoms with Crippen LogP contribution in [-0.4, -0.2) is 14.4 Å². The van der Waals surface area contributed by atoms with Gasteiger partial charge < -0.3 is 0 Å². The van der Waals surface area contributed by atoms with Crippen LogP contribution in [0.25, 0.3) is 5.78 Å². The van der Waals surface area contributed by atoms with Gasteiger partial charge in [0, 0.05) is 18.6 Å². The second-order valence-corrected chi connectivity index (χ2v) is 3.30. The van der Waals surface area contributed by atoms with Crippen LogP contribution in [0, 0.1) is 0 Å². The summed E-state index contributed by atoms with van der Waals surface area (Å²) >= 11 is 0. The SMILES string of the molecule is CCC(C)c1cn2cccnc2n1. The van der Waals surface area contributed by atoms with E-state index in [2.05, 4.69) is 30.0 Å². The lowest BCUT2D eigenvalue weighted by Crippen LogP contribution is -1.90. The van der Waals surface area contributed by atoms with Crippen LogP contribution in [0.2, 0.25) is 0 Å². The van der Waals surface area contributed by atoms with Gasteiger partial charge >= 0.3 is 0 Å². The van der Waals surface area contributed by atoms with Crippen molar-refractivity contribution in [2.24, 2.45) is 0 Å². The van der Waals surface area contributed by atoms with Crippen molar-refractivity contribution >= 4 is 5.78 Å². The molecule has 68 valence electrons. The highest BCUT2D eigenvalue weighted by molar-refractivity contribution is 5.30. The Hall–Kier alpha value is -1.38. The summed E-state index contributed by atoms with van der Waals surface area (Å²) in [5.41, 5.74) is 1.13. The Balaban J connectivity index is 2.49. The zero-order chi connectivity index (χ0) is 9.26. The van der Waals surface area contributed by atoms with Gasteiger partial charge in [0.1, 0.15) is 0 Å². The molecule has 0 amide bonds. The van der Waals surface area contributed by atoms with Gasteiger partial charge in [-0.1, -0.05) is 13.8 Å². The molecule has 0 fully saturated rings. The van der Waals surface area contributed by atoms with Crippen molar-refractivity contribution in [1.82, 2.24) is 14.4 Å². The molecule has 2 aromatic heterocycles. The predicted molar refractivity (Wildman–Crippen MR) is 51.7 cm³/mol. The highest BCUT2D eigenvalue weighted by Gasteiger charge is 2.07. The van der Waals surface area contributed by atoms with Gasteiger partial charge in [-0.2, -0.15) is 0 Å². The van der Waals surface area contributed by atoms with Gasteiger partial charge in [0.2, 0.25) is 5.78 Å². The Kier molecular flexibility index (Phi) is 2.00. The molecule has 0 aliphatic carbocycles. The molecule has 0 spiro atoms. The summed E-state index contributed by atoms with van der Waals surface area (Å²) in [6.07, 6.45) is 6.91. The molecule has 2 rings (SSSR count). The average Bonchev–Trinajstić information content (AvgIpc) is 2.59. The molecule has 2 aromatic rings. The monoisotopic (exact) mass is 175 g/mol. The molecule has 0 saturated heterocycles. The van der Waals surface area contributed by atoms with E-state index in [0.717, 1.165) is 17.9 Å². The maximum Gasteiger partial charge on any atom is 0.233 e. The van der Waals surface area contributed by atoms with Crippen LogP contribution in [0.4, 0.5) is 0 Å². The average molecular weight is 175 g/mol. The molecule has 13 heavy (non-hydrogen) atoms. The zero-order valence-electron chi connectivity index (χ0n) is 7.94. The standard InChI is InChI=1S/C10H13N3/c1-3-8(2)9-7-13-6-4-5-11-10(13)12-9/h4-8H,3H2,1-2H3. The topological polar surface area (TPSA) is 30.2 Å². The highest BCUT2D eigenvalue weighted by Crippen LogP contribution is 2.16. The Bertz CT molecular complexity index is 372. The van der Waals surface area contributed by atoms with E-state index in [1.54, 1.807) is 6.20 Å². The van der Waals surface area contributed by atoms with Crippen LogP contribution < -0.4 is 0 Å². The van der Waals surface area contributed by atoms with Crippen molar-refractivity contribution in [2.45, 2.75) is 26.2 Å². The van der Waals surface area contributed by atoms with Gasteiger partial charge in [-0.05, 0) is 18.4 Å². The van der Waals surface area contributed by atoms with E-state index in [1.807, 2.05) is 16.7 Å². The molecule has 0 N–H and O–H groups in total. The summed E-state index contributed by atoms with van der Waals surface area (Å²) in [4.78, 5) is 8.61. The minimum Gasteiger partial charge on any atom is -0.291 e. The molecule has 3 nitrogen and oxygen atoms in total. The van der Waals surface area contributed by atoms with Crippen LogP contribution in [0.3, 0.4) is 0 Å². The number of hydrogen-bond acceptors (Lipinski definition) is 2. The van der Waals surface area contributed by atoms with Crippen molar-refractivity contribution < 1.29 is 0 Å². The van der Waals surface area contributed by atoms with Crippen LogP contribution in [0.15, 0.2) is 24.7 Å². The Labute approximate surface area is 77.4 Å². The first-order chi connectivity index (χ1) is 6.31. The van der Waals surface area contributed by atoms with Gasteiger partial charge in [-0.25, -0.2) is 9.97 Å². The summed E-state index contributed by atoms with van der Waals surface area (Å²) in [7, 11) is 0. The van der Waals surface area contributed by atoms with E-state index in [-0.39, 0.29) is 0 Å². The highest BCUT2D eigenvalue weighted by atomic mass is 15.1. The fourth-order valence-corrected chi connectivity index (χ4v) is 1.30. The molecule has 0 aliphatic heterocycles. The zero-order valence-corrected chi connectivity index (χ0v) is 7.94. The minimum absolute atomic E-state index is 0.515. The number of aromatic nitrogens is 3. The van der Waals surface area contributed by atoms with Crippen LogP contribution in [-0.2, 0) is 0 Å². The minimum atomic E-state index is 0.515. The van der Waals surface area contributed by atoms with E-state index in [4.69, 9.17) is 0 Å². The van der Waals surface area contributed by atoms with E-state index in [0.29, 0.717) is 5.92 Å². The molecule has 0 bridgehead atoms. The molecule has 0 aliphatic rings. The van der Waals surface area contributed by atoms with Crippen molar-refractivity contribution in [2.75, 3.05) is 0 Å². The molecule has 0 saturated carbocycles. The fraction of sp³-hybridized carbons (Fsp3) is 0.400. The van der Waals surface area contributed by atoms with Gasteiger partial charge in [-0.3, -0.25) is 4.40 Å². The molecule has 0 aromatic carbocycles. The van der Waals surface area contributed by atoms with Gasteiger partial charge in [0.25, 0.3) is 0 Å². The number of hydrogen-bond donors (Lipinski definition) is 0. The Morgan fingerprint density at radius 1 is 1.54 bits per heavy atom. The lowest BCUT2D eigenvalue weighted by Gasteiger charge is -2.01. The third kappa shape index (κ3) is 1.41. The van der Waals surface area contributed by atoms with E-state index in [1.165, 1.54) is 0 Å². The van der Waals surface area contributed by atoms with Crippen molar-refractivity contribution in [3.05, 3.63) is 30.4 Å². The summed E-state index contributed by atoms with van der Waals surface area (Å²) in [6.45, 7) is 4.35. The molecule has 0 radical (unpaired) electrons. The second-order valence-electron chi connectivity index (χ2n) is 3.30. The van der Waals surface area contributed by atoms with Gasteiger partial charge in [0.05, 0.1) is 5.69 Å². The maximum absolute atomic E-state index is 4.44. The first-order valence-electron chi connectivity index (χ1n) is 4.61. The van der Waals surface area contributed by atoms with E-state index in [9.17, 15) is 0 Å². The lowest BCUT2D eigenvalue weighted by atomic mass is 10.1. The fourth-order valence-electron chi connectivity index (χ4n) is 1.30. The molecular weight excluding hydrogens is 162 g/mol.